The van der Waals surface area contributed by atoms with Crippen LogP contribution in [0.4, 0.5) is 5.69 Å². The Morgan fingerprint density at radius 2 is 1.08 bits per heavy atom. The third-order valence-electron chi connectivity index (χ3n) is 10.7. The van der Waals surface area contributed by atoms with Crippen LogP contribution in [0.3, 0.4) is 0 Å². The van der Waals surface area contributed by atoms with E-state index in [4.69, 9.17) is 16.3 Å². The summed E-state index contributed by atoms with van der Waals surface area (Å²) in [5.74, 6) is -4.10. The Labute approximate surface area is 295 Å². The number of nitrogens with zero attached hydrogens (tertiary/aromatic N) is 1. The molecule has 5 aromatic rings. The largest absolute Gasteiger partial charge is 0.465 e. The van der Waals surface area contributed by atoms with Gasteiger partial charge in [-0.15, -0.1) is 0 Å². The first-order valence-corrected chi connectivity index (χ1v) is 16.9. The molecule has 5 aromatic carbocycles. The molecule has 246 valence electrons. The van der Waals surface area contributed by atoms with Crippen LogP contribution in [0.5, 0.6) is 0 Å². The van der Waals surface area contributed by atoms with Crippen LogP contribution in [0, 0.1) is 25.7 Å². The van der Waals surface area contributed by atoms with Crippen molar-refractivity contribution in [3.8, 4) is 0 Å². The van der Waals surface area contributed by atoms with Gasteiger partial charge in [0.15, 0.2) is 5.78 Å². The van der Waals surface area contributed by atoms with E-state index in [0.717, 1.165) is 38.3 Å². The molecule has 3 aliphatic rings. The fourth-order valence-corrected chi connectivity index (χ4v) is 8.93. The first-order chi connectivity index (χ1) is 24.2. The van der Waals surface area contributed by atoms with E-state index >= 15 is 14.4 Å². The second-order valence-corrected chi connectivity index (χ2v) is 13.7. The molecule has 2 bridgehead atoms. The lowest BCUT2D eigenvalue weighted by atomic mass is 9.59. The monoisotopic (exact) mass is 677 g/mol. The Morgan fingerprint density at radius 1 is 0.640 bits per heavy atom. The molecule has 0 aromatic heterocycles. The van der Waals surface area contributed by atoms with Crippen LogP contribution >= 0.6 is 11.6 Å². The van der Waals surface area contributed by atoms with Gasteiger partial charge < -0.3 is 4.74 Å². The Kier molecular flexibility index (Phi) is 7.28. The average Bonchev–Trinajstić information content (AvgIpc) is 3.65. The average molecular weight is 678 g/mol. The molecule has 4 atom stereocenters. The minimum atomic E-state index is -1.53. The SMILES string of the molecule is COC(=O)c1cc(N2C(=O)[C@@H]3[C@H](C2=O)[C@@]2(c4ccccc4)C(=O)[C@@]3(c3ccccc3)C(c3ccc(C)cc3)=C2c2ccc(C)cc2)ccc1Cl. The van der Waals surface area contributed by atoms with E-state index in [1.165, 1.54) is 19.2 Å². The number of carbonyl (C=O) groups is 4. The zero-order valence-corrected chi connectivity index (χ0v) is 28.4. The summed E-state index contributed by atoms with van der Waals surface area (Å²) in [7, 11) is 1.24. The number of anilines is 1. The predicted molar refractivity (Wildman–Crippen MR) is 193 cm³/mol. The number of hydrogen-bond donors (Lipinski definition) is 0. The number of esters is 1. The molecule has 1 heterocycles. The van der Waals surface area contributed by atoms with Crippen LogP contribution in [-0.4, -0.2) is 30.7 Å². The van der Waals surface area contributed by atoms with Gasteiger partial charge in [0.1, 0.15) is 0 Å². The molecule has 1 aliphatic heterocycles. The van der Waals surface area contributed by atoms with Crippen molar-refractivity contribution < 1.29 is 23.9 Å². The molecule has 2 aliphatic carbocycles. The van der Waals surface area contributed by atoms with E-state index in [0.29, 0.717) is 11.1 Å². The molecular formula is C43H32ClNO5. The van der Waals surface area contributed by atoms with Crippen molar-refractivity contribution in [1.29, 1.82) is 0 Å². The van der Waals surface area contributed by atoms with Crippen molar-refractivity contribution in [2.24, 2.45) is 11.8 Å². The summed E-state index contributed by atoms with van der Waals surface area (Å²) in [4.78, 5) is 60.3. The number of halogens is 1. The lowest BCUT2D eigenvalue weighted by Crippen LogP contribution is -2.45. The molecule has 7 heteroatoms. The molecule has 0 spiro atoms. The number of imide groups is 1. The summed E-state index contributed by atoms with van der Waals surface area (Å²) in [5.41, 5.74) is 3.58. The van der Waals surface area contributed by atoms with Crippen LogP contribution < -0.4 is 4.90 Å². The van der Waals surface area contributed by atoms with Crippen molar-refractivity contribution in [2.75, 3.05) is 12.0 Å². The third-order valence-corrected chi connectivity index (χ3v) is 11.1. The second kappa shape index (κ2) is 11.5. The summed E-state index contributed by atoms with van der Waals surface area (Å²) >= 11 is 6.38. The summed E-state index contributed by atoms with van der Waals surface area (Å²) in [5, 5.41) is 0.127. The van der Waals surface area contributed by atoms with Gasteiger partial charge in [-0.05, 0) is 65.4 Å². The quantitative estimate of drug-likeness (QED) is 0.135. The molecule has 6 nitrogen and oxygen atoms in total. The number of aryl methyl sites for hydroxylation is 2. The molecule has 1 saturated heterocycles. The van der Waals surface area contributed by atoms with Gasteiger partial charge in [-0.3, -0.25) is 14.4 Å². The van der Waals surface area contributed by atoms with Gasteiger partial charge in [-0.25, -0.2) is 9.69 Å². The molecule has 2 fully saturated rings. The second-order valence-electron chi connectivity index (χ2n) is 13.3. The number of amides is 2. The van der Waals surface area contributed by atoms with E-state index in [1.807, 2.05) is 123 Å². The van der Waals surface area contributed by atoms with E-state index in [9.17, 15) is 4.79 Å². The standard InChI is InChI=1S/C43H32ClNO5/c1-25-14-18-27(19-15-25)34-35(28-20-16-26(2)17-21-28)43(30-12-8-5-9-13-30)37-36(42(34,41(43)49)29-10-6-4-7-11-29)38(46)45(39(37)47)31-22-23-33(44)32(24-31)40(48)50-3/h4-24,36-37H,1-3H3/t36-,37+,42-,43-/m0/s1. The van der Waals surface area contributed by atoms with E-state index in [2.05, 4.69) is 0 Å². The number of Topliss-reactive ketones (excluding diaryl/α,β-unsaturated/α-hetero) is 1. The maximum Gasteiger partial charge on any atom is 0.339 e. The molecule has 0 unspecified atom stereocenters. The molecule has 50 heavy (non-hydrogen) atoms. The first kappa shape index (κ1) is 31.7. The maximum atomic E-state index is 16.0. The minimum absolute atomic E-state index is 0.0257. The van der Waals surface area contributed by atoms with Crippen LogP contribution in [0.2, 0.25) is 5.02 Å². The number of carbonyl (C=O) groups excluding carboxylic acids is 4. The zero-order chi connectivity index (χ0) is 34.9. The highest BCUT2D eigenvalue weighted by Gasteiger charge is 2.82. The summed E-state index contributed by atoms with van der Waals surface area (Å²) in [6, 6.07) is 39.3. The lowest BCUT2D eigenvalue weighted by Gasteiger charge is -2.39. The Balaban J connectivity index is 1.52. The van der Waals surface area contributed by atoms with Crippen LogP contribution in [0.15, 0.2) is 127 Å². The molecule has 1 saturated carbocycles. The fourth-order valence-electron chi connectivity index (χ4n) is 8.74. The lowest BCUT2D eigenvalue weighted by molar-refractivity contribution is -0.130. The van der Waals surface area contributed by atoms with Crippen molar-refractivity contribution in [2.45, 2.75) is 24.7 Å². The van der Waals surface area contributed by atoms with Gasteiger partial charge in [0.25, 0.3) is 0 Å². The van der Waals surface area contributed by atoms with Crippen LogP contribution in [0.25, 0.3) is 11.1 Å². The zero-order valence-electron chi connectivity index (χ0n) is 27.6. The summed E-state index contributed by atoms with van der Waals surface area (Å²) in [6.45, 7) is 4.01. The number of benzene rings is 5. The van der Waals surface area contributed by atoms with Gasteiger partial charge in [-0.2, -0.15) is 0 Å². The highest BCUT2D eigenvalue weighted by atomic mass is 35.5. The summed E-state index contributed by atoms with van der Waals surface area (Å²) < 4.78 is 4.95. The van der Waals surface area contributed by atoms with E-state index in [1.54, 1.807) is 6.07 Å². The minimum Gasteiger partial charge on any atom is -0.465 e. The maximum absolute atomic E-state index is 16.0. The van der Waals surface area contributed by atoms with Gasteiger partial charge in [0.05, 0.1) is 46.0 Å². The van der Waals surface area contributed by atoms with E-state index < -0.39 is 40.4 Å². The van der Waals surface area contributed by atoms with Gasteiger partial charge in [0.2, 0.25) is 11.8 Å². The molecule has 0 N–H and O–H groups in total. The van der Waals surface area contributed by atoms with Crippen LogP contribution in [-0.2, 0) is 30.0 Å². The molecule has 8 rings (SSSR count). The van der Waals surface area contributed by atoms with Gasteiger partial charge in [-0.1, -0.05) is 132 Å². The normalized spacial score (nSPS) is 23.8. The van der Waals surface area contributed by atoms with Gasteiger partial charge >= 0.3 is 5.97 Å². The fraction of sp³-hybridized carbons (Fsp3) is 0.163. The van der Waals surface area contributed by atoms with Crippen molar-refractivity contribution in [1.82, 2.24) is 0 Å². The third kappa shape index (κ3) is 4.09. The smallest absolute Gasteiger partial charge is 0.339 e. The topological polar surface area (TPSA) is 80.8 Å². The molecule has 2 amide bonds. The van der Waals surface area contributed by atoms with Crippen molar-refractivity contribution in [3.05, 3.63) is 171 Å². The Bertz CT molecular complexity index is 2140. The first-order valence-electron chi connectivity index (χ1n) is 16.5. The van der Waals surface area contributed by atoms with Crippen molar-refractivity contribution in [3.63, 3.8) is 0 Å². The summed E-state index contributed by atoms with van der Waals surface area (Å²) in [6.07, 6.45) is 0. The number of ether oxygens (including phenoxy) is 1. The van der Waals surface area contributed by atoms with Crippen LogP contribution in [0.1, 0.15) is 43.7 Å². The number of ketones is 1. The van der Waals surface area contributed by atoms with Crippen molar-refractivity contribution >= 4 is 52.0 Å². The highest BCUT2D eigenvalue weighted by Crippen LogP contribution is 2.74. The predicted octanol–water partition coefficient (Wildman–Crippen LogP) is 7.93. The number of rotatable bonds is 6. The Morgan fingerprint density at radius 3 is 1.50 bits per heavy atom. The number of allylic oxidation sites excluding steroid dienone is 2. The number of fused-ring (bicyclic) bond motifs is 5. The molecular weight excluding hydrogens is 646 g/mol. The van der Waals surface area contributed by atoms with Gasteiger partial charge in [0, 0.05) is 0 Å². The number of methoxy groups -OCH3 is 1. The highest BCUT2D eigenvalue weighted by molar-refractivity contribution is 6.39. The molecule has 0 radical (unpaired) electrons. The van der Waals surface area contributed by atoms with E-state index in [-0.39, 0.29) is 22.1 Å². The number of hydrogen-bond acceptors (Lipinski definition) is 5. The Hall–Kier alpha value is -5.59.